The highest BCUT2D eigenvalue weighted by atomic mass is 14.9. The molecule has 0 saturated carbocycles. The summed E-state index contributed by atoms with van der Waals surface area (Å²) in [5, 5.41) is 25.4. The van der Waals surface area contributed by atoms with Crippen molar-refractivity contribution in [3.05, 3.63) is 235 Å². The zero-order valence-electron chi connectivity index (χ0n) is 37.6. The number of benzene rings is 13. The maximum Gasteiger partial charge on any atom is 0.187 e. The summed E-state index contributed by atoms with van der Waals surface area (Å²) in [5.74, 6) is 0.614. The fourth-order valence-corrected chi connectivity index (χ4v) is 11.1. The average Bonchev–Trinajstić information content (AvgIpc) is 3.43. The van der Waals surface area contributed by atoms with Crippen molar-refractivity contribution in [1.82, 2.24) is 9.97 Å². The SMILES string of the molecule is [C-]#[N+]c1cccc(-c2ccc(-c3nc(-c4ccc(-c5cccc(C#N)c5)cc4)nc4c(-c5ccc6ccc7cccc8ccc5c6c78)cc(-c5ccc6ccc7cccc8ccc5c6c78)cc34)cc2)c1. The lowest BCUT2D eigenvalue weighted by atomic mass is 9.86. The molecule has 0 aliphatic heterocycles. The molecule has 0 spiro atoms. The van der Waals surface area contributed by atoms with Crippen molar-refractivity contribution in [1.29, 1.82) is 5.26 Å². The van der Waals surface area contributed by atoms with Gasteiger partial charge in [-0.2, -0.15) is 5.26 Å². The topological polar surface area (TPSA) is 53.9 Å². The molecule has 0 amide bonds. The number of aromatic nitrogens is 2. The first kappa shape index (κ1) is 39.4. The minimum atomic E-state index is 0.607. The van der Waals surface area contributed by atoms with Gasteiger partial charge >= 0.3 is 0 Å². The molecule has 0 saturated heterocycles. The molecule has 14 aromatic rings. The van der Waals surface area contributed by atoms with Gasteiger partial charge < -0.3 is 0 Å². The second-order valence-corrected chi connectivity index (χ2v) is 18.3. The summed E-state index contributed by atoms with van der Waals surface area (Å²) < 4.78 is 0. The van der Waals surface area contributed by atoms with E-state index in [4.69, 9.17) is 16.5 Å². The van der Waals surface area contributed by atoms with Crippen LogP contribution in [0.2, 0.25) is 0 Å². The molecule has 0 radical (unpaired) electrons. The molecule has 0 aliphatic rings. The Morgan fingerprint density at radius 2 is 0.857 bits per heavy atom. The Morgan fingerprint density at radius 3 is 1.47 bits per heavy atom. The monoisotopic (exact) mass is 884 g/mol. The lowest BCUT2D eigenvalue weighted by Crippen LogP contribution is -1.99. The second kappa shape index (κ2) is 15.4. The maximum atomic E-state index is 9.65. The number of rotatable bonds is 6. The minimum absolute atomic E-state index is 0.607. The van der Waals surface area contributed by atoms with Crippen molar-refractivity contribution in [2.24, 2.45) is 0 Å². The summed E-state index contributed by atoms with van der Waals surface area (Å²) in [4.78, 5) is 14.8. The van der Waals surface area contributed by atoms with Crippen molar-refractivity contribution in [3.8, 4) is 73.2 Å². The summed E-state index contributed by atoms with van der Waals surface area (Å²) in [6.07, 6.45) is 0. The predicted octanol–water partition coefficient (Wildman–Crippen LogP) is 17.8. The molecular formula is C66H36N4. The van der Waals surface area contributed by atoms with Crippen LogP contribution in [0, 0.1) is 17.9 Å². The minimum Gasteiger partial charge on any atom is -0.238 e. The number of hydrogen-bond acceptors (Lipinski definition) is 3. The molecule has 0 N–H and O–H groups in total. The number of nitriles is 1. The van der Waals surface area contributed by atoms with Crippen LogP contribution < -0.4 is 0 Å². The van der Waals surface area contributed by atoms with Crippen LogP contribution in [0.15, 0.2) is 218 Å². The van der Waals surface area contributed by atoms with E-state index in [1.54, 1.807) is 0 Å². The van der Waals surface area contributed by atoms with E-state index in [1.807, 2.05) is 48.5 Å². The quantitative estimate of drug-likeness (QED) is 0.123. The van der Waals surface area contributed by atoms with Gasteiger partial charge in [0.25, 0.3) is 0 Å². The van der Waals surface area contributed by atoms with Gasteiger partial charge in [-0.25, -0.2) is 14.8 Å². The number of hydrogen-bond donors (Lipinski definition) is 0. The fraction of sp³-hybridized carbons (Fsp3) is 0. The van der Waals surface area contributed by atoms with E-state index < -0.39 is 0 Å². The molecule has 1 aromatic heterocycles. The molecule has 0 fully saturated rings. The Hall–Kier alpha value is -9.74. The van der Waals surface area contributed by atoms with Crippen molar-refractivity contribution in [2.75, 3.05) is 0 Å². The summed E-state index contributed by atoms with van der Waals surface area (Å²) in [6, 6.07) is 79.6. The van der Waals surface area contributed by atoms with Gasteiger partial charge in [0, 0.05) is 22.1 Å². The summed E-state index contributed by atoms with van der Waals surface area (Å²) in [6.45, 7) is 7.65. The van der Waals surface area contributed by atoms with E-state index in [9.17, 15) is 5.26 Å². The Balaban J connectivity index is 1.07. The zero-order valence-corrected chi connectivity index (χ0v) is 37.6. The van der Waals surface area contributed by atoms with E-state index in [1.165, 1.54) is 64.6 Å². The molecule has 0 unspecified atom stereocenters. The average molecular weight is 885 g/mol. The number of nitrogens with zero attached hydrogens (tertiary/aromatic N) is 4. The van der Waals surface area contributed by atoms with Gasteiger partial charge in [-0.1, -0.05) is 188 Å². The van der Waals surface area contributed by atoms with Crippen molar-refractivity contribution in [3.63, 3.8) is 0 Å². The van der Waals surface area contributed by atoms with Gasteiger partial charge in [0.05, 0.1) is 29.4 Å². The zero-order chi connectivity index (χ0) is 46.5. The van der Waals surface area contributed by atoms with Gasteiger partial charge in [0.15, 0.2) is 11.5 Å². The van der Waals surface area contributed by atoms with Gasteiger partial charge in [0.1, 0.15) is 0 Å². The van der Waals surface area contributed by atoms with Crippen molar-refractivity contribution >= 4 is 81.2 Å². The van der Waals surface area contributed by atoms with Gasteiger partial charge in [-0.05, 0) is 134 Å². The molecule has 70 heavy (non-hydrogen) atoms. The highest BCUT2D eigenvalue weighted by Gasteiger charge is 2.22. The Labute approximate surface area is 403 Å². The molecule has 0 atom stereocenters. The third-order valence-corrected chi connectivity index (χ3v) is 14.4. The summed E-state index contributed by atoms with van der Waals surface area (Å²) in [5.41, 5.74) is 13.1. The summed E-state index contributed by atoms with van der Waals surface area (Å²) >= 11 is 0. The fourth-order valence-electron chi connectivity index (χ4n) is 11.1. The molecule has 320 valence electrons. The molecule has 14 rings (SSSR count). The molecule has 0 bridgehead atoms. The first-order chi connectivity index (χ1) is 34.6. The third-order valence-electron chi connectivity index (χ3n) is 14.4. The van der Waals surface area contributed by atoms with Crippen molar-refractivity contribution < 1.29 is 0 Å². The first-order valence-electron chi connectivity index (χ1n) is 23.5. The number of fused-ring (bicyclic) bond motifs is 1. The maximum absolute atomic E-state index is 9.65. The molecule has 4 heteroatoms. The normalized spacial score (nSPS) is 11.7. The molecular weight excluding hydrogens is 849 g/mol. The van der Waals surface area contributed by atoms with Gasteiger partial charge in [0.2, 0.25) is 0 Å². The largest absolute Gasteiger partial charge is 0.238 e. The van der Waals surface area contributed by atoms with Gasteiger partial charge in [-0.3, -0.25) is 0 Å². The molecule has 4 nitrogen and oxygen atoms in total. The van der Waals surface area contributed by atoms with Gasteiger partial charge in [-0.15, -0.1) is 0 Å². The van der Waals surface area contributed by atoms with Crippen LogP contribution in [-0.4, -0.2) is 9.97 Å². The molecule has 0 aliphatic carbocycles. The standard InChI is InChI=1S/C66H36N4/c1-68-53-13-5-12-51(35-53)41-14-22-48(23-15-41)64-59-37-52(54-30-26-46-20-18-42-7-3-9-44-28-32-56(54)62(46)60(42)44)36-58(55-31-27-47-21-19-43-8-4-10-45-29-33-57(55)63(47)61(43)45)65(59)70-66(69-64)49-24-16-40(17-25-49)50-11-2-6-39(34-50)38-67/h2-37H. The van der Waals surface area contributed by atoms with Crippen LogP contribution >= 0.6 is 0 Å². The van der Waals surface area contributed by atoms with Crippen LogP contribution in [-0.2, 0) is 0 Å². The second-order valence-electron chi connectivity index (χ2n) is 18.3. The smallest absolute Gasteiger partial charge is 0.187 e. The van der Waals surface area contributed by atoms with E-state index in [0.717, 1.165) is 72.2 Å². The van der Waals surface area contributed by atoms with Crippen LogP contribution in [0.3, 0.4) is 0 Å². The third kappa shape index (κ3) is 6.15. The van der Waals surface area contributed by atoms with E-state index >= 15 is 0 Å². The Morgan fingerprint density at radius 1 is 0.357 bits per heavy atom. The Bertz CT molecular complexity index is 4500. The van der Waals surface area contributed by atoms with E-state index in [2.05, 4.69) is 181 Å². The van der Waals surface area contributed by atoms with E-state index in [-0.39, 0.29) is 0 Å². The van der Waals surface area contributed by atoms with Crippen LogP contribution in [0.5, 0.6) is 0 Å². The van der Waals surface area contributed by atoms with Crippen LogP contribution in [0.4, 0.5) is 5.69 Å². The Kier molecular flexibility index (Phi) is 8.68. The lowest BCUT2D eigenvalue weighted by Gasteiger charge is -2.19. The summed E-state index contributed by atoms with van der Waals surface area (Å²) in [7, 11) is 0. The lowest BCUT2D eigenvalue weighted by molar-refractivity contribution is 1.23. The highest BCUT2D eigenvalue weighted by molar-refractivity contribution is 6.28. The van der Waals surface area contributed by atoms with Crippen LogP contribution in [0.1, 0.15) is 5.56 Å². The molecule has 1 heterocycles. The first-order valence-corrected chi connectivity index (χ1v) is 23.5. The van der Waals surface area contributed by atoms with Crippen molar-refractivity contribution in [2.45, 2.75) is 0 Å². The highest BCUT2D eigenvalue weighted by Crippen LogP contribution is 2.46. The van der Waals surface area contributed by atoms with E-state index in [0.29, 0.717) is 17.1 Å². The predicted molar refractivity (Wildman–Crippen MR) is 291 cm³/mol. The molecule has 13 aromatic carbocycles. The van der Waals surface area contributed by atoms with Crippen LogP contribution in [0.25, 0.3) is 148 Å².